The van der Waals surface area contributed by atoms with Crippen molar-refractivity contribution in [1.82, 2.24) is 20.5 Å². The minimum absolute atomic E-state index is 0. The van der Waals surface area contributed by atoms with Crippen molar-refractivity contribution in [1.29, 1.82) is 0 Å². The Labute approximate surface area is 163 Å². The van der Waals surface area contributed by atoms with E-state index in [4.69, 9.17) is 0 Å². The lowest BCUT2D eigenvalue weighted by Crippen LogP contribution is -2.51. The van der Waals surface area contributed by atoms with Crippen LogP contribution in [0.15, 0.2) is 48.8 Å². The fraction of sp³-hybridized carbons (Fsp3) is 0.316. The molecule has 3 rings (SSSR count). The van der Waals surface area contributed by atoms with Gasteiger partial charge in [0.1, 0.15) is 5.82 Å². The van der Waals surface area contributed by atoms with Gasteiger partial charge in [0.2, 0.25) is 11.8 Å². The molecule has 1 aliphatic heterocycles. The zero-order valence-electron chi connectivity index (χ0n) is 14.7. The highest BCUT2D eigenvalue weighted by molar-refractivity contribution is 5.86. The first-order chi connectivity index (χ1) is 12.6. The maximum Gasteiger partial charge on any atom is 0.242 e. The van der Waals surface area contributed by atoms with E-state index in [1.54, 1.807) is 29.4 Å². The van der Waals surface area contributed by atoms with Gasteiger partial charge in [0.05, 0.1) is 19.0 Å². The fourth-order valence-electron chi connectivity index (χ4n) is 3.04. The zero-order valence-corrected chi connectivity index (χ0v) is 15.5. The van der Waals surface area contributed by atoms with Crippen molar-refractivity contribution >= 4 is 24.2 Å². The summed E-state index contributed by atoms with van der Waals surface area (Å²) in [5.41, 5.74) is 1.53. The third-order valence-electron chi connectivity index (χ3n) is 4.32. The number of hydrogen-bond donors (Lipinski definition) is 2. The van der Waals surface area contributed by atoms with Crippen LogP contribution in [0.25, 0.3) is 0 Å². The summed E-state index contributed by atoms with van der Waals surface area (Å²) in [6.07, 6.45) is 3.48. The molecule has 27 heavy (non-hydrogen) atoms. The van der Waals surface area contributed by atoms with Gasteiger partial charge in [-0.05, 0) is 29.3 Å². The number of rotatable bonds is 5. The third kappa shape index (κ3) is 5.74. The first kappa shape index (κ1) is 20.8. The number of benzene rings is 1. The van der Waals surface area contributed by atoms with Crippen molar-refractivity contribution in [3.05, 3.63) is 65.7 Å². The topological polar surface area (TPSA) is 74.3 Å². The van der Waals surface area contributed by atoms with Gasteiger partial charge in [-0.15, -0.1) is 12.4 Å². The summed E-state index contributed by atoms with van der Waals surface area (Å²) in [5.74, 6) is -0.837. The van der Waals surface area contributed by atoms with Crippen LogP contribution in [-0.2, 0) is 16.0 Å². The molecule has 0 saturated carbocycles. The second kappa shape index (κ2) is 9.99. The summed E-state index contributed by atoms with van der Waals surface area (Å²) in [6.45, 7) is 1.84. The molecule has 1 aliphatic rings. The Kier molecular flexibility index (Phi) is 7.69. The van der Waals surface area contributed by atoms with Crippen LogP contribution in [0, 0.1) is 5.82 Å². The smallest absolute Gasteiger partial charge is 0.242 e. The number of carbonyl (C=O) groups excluding carboxylic acids is 2. The molecule has 8 heteroatoms. The van der Waals surface area contributed by atoms with E-state index in [9.17, 15) is 14.0 Å². The average molecular weight is 393 g/mol. The van der Waals surface area contributed by atoms with Crippen molar-refractivity contribution in [3.63, 3.8) is 0 Å². The van der Waals surface area contributed by atoms with Gasteiger partial charge in [-0.25, -0.2) is 4.39 Å². The number of nitrogens with one attached hydrogen (secondary N) is 2. The number of aromatic nitrogens is 1. The van der Waals surface area contributed by atoms with Crippen LogP contribution in [0.5, 0.6) is 0 Å². The minimum Gasteiger partial charge on any atom is -0.347 e. The molecule has 0 radical (unpaired) electrons. The van der Waals surface area contributed by atoms with Crippen molar-refractivity contribution in [2.45, 2.75) is 12.5 Å². The van der Waals surface area contributed by atoms with E-state index in [0.717, 1.165) is 5.56 Å². The number of hydrogen-bond acceptors (Lipinski definition) is 4. The average Bonchev–Trinajstić information content (AvgIpc) is 2.67. The highest BCUT2D eigenvalue weighted by atomic mass is 35.5. The maximum atomic E-state index is 13.2. The van der Waals surface area contributed by atoms with Crippen molar-refractivity contribution in [2.75, 3.05) is 26.2 Å². The van der Waals surface area contributed by atoms with Gasteiger partial charge in [0.25, 0.3) is 0 Å². The molecular formula is C19H22ClFN4O2. The molecule has 0 spiro atoms. The molecular weight excluding hydrogens is 371 g/mol. The third-order valence-corrected chi connectivity index (χ3v) is 4.32. The second-order valence-electron chi connectivity index (χ2n) is 6.18. The molecule has 2 aromatic rings. The second-order valence-corrected chi connectivity index (χ2v) is 6.18. The molecule has 1 aromatic heterocycles. The maximum absolute atomic E-state index is 13.2. The summed E-state index contributed by atoms with van der Waals surface area (Å²) in [5, 5.41) is 5.91. The molecule has 2 N–H and O–H groups in total. The normalized spacial score (nSPS) is 16.3. The van der Waals surface area contributed by atoms with Crippen molar-refractivity contribution < 1.29 is 14.0 Å². The van der Waals surface area contributed by atoms with Crippen LogP contribution in [0.2, 0.25) is 0 Å². The lowest BCUT2D eigenvalue weighted by atomic mass is 10.1. The number of halogens is 2. The fourth-order valence-corrected chi connectivity index (χ4v) is 3.04. The van der Waals surface area contributed by atoms with Crippen molar-refractivity contribution in [2.24, 2.45) is 0 Å². The quantitative estimate of drug-likeness (QED) is 0.808. The number of pyridine rings is 1. The Hall–Kier alpha value is -2.51. The Morgan fingerprint density at radius 3 is 2.89 bits per heavy atom. The van der Waals surface area contributed by atoms with Crippen LogP contribution in [0.4, 0.5) is 4.39 Å². The molecule has 6 nitrogen and oxygen atoms in total. The van der Waals surface area contributed by atoms with Crippen LogP contribution in [0.3, 0.4) is 0 Å². The number of piperazine rings is 1. The molecule has 1 atom stereocenters. The van der Waals surface area contributed by atoms with Gasteiger partial charge >= 0.3 is 0 Å². The predicted molar refractivity (Wildman–Crippen MR) is 102 cm³/mol. The lowest BCUT2D eigenvalue weighted by Gasteiger charge is -2.36. The van der Waals surface area contributed by atoms with E-state index >= 15 is 0 Å². The Morgan fingerprint density at radius 2 is 2.15 bits per heavy atom. The molecule has 2 heterocycles. The predicted octanol–water partition coefficient (Wildman–Crippen LogP) is 1.47. The standard InChI is InChI=1S/C19H21FN4O2.ClH/c20-16-5-1-3-14(9-16)10-18(25)23-13-19(26)24-8-7-22-12-17(24)15-4-2-6-21-11-15;/h1-6,9,11,17,22H,7-8,10,12-13H2,(H,23,25);1H. The van der Waals surface area contributed by atoms with E-state index in [2.05, 4.69) is 15.6 Å². The van der Waals surface area contributed by atoms with E-state index in [0.29, 0.717) is 25.2 Å². The molecule has 144 valence electrons. The highest BCUT2D eigenvalue weighted by Crippen LogP contribution is 2.21. The number of amides is 2. The van der Waals surface area contributed by atoms with Gasteiger partial charge in [-0.3, -0.25) is 14.6 Å². The summed E-state index contributed by atoms with van der Waals surface area (Å²) in [4.78, 5) is 30.5. The molecule has 1 saturated heterocycles. The van der Waals surface area contributed by atoms with E-state index in [1.807, 2.05) is 12.1 Å². The Bertz CT molecular complexity index is 775. The molecule has 1 fully saturated rings. The lowest BCUT2D eigenvalue weighted by molar-refractivity contribution is -0.135. The summed E-state index contributed by atoms with van der Waals surface area (Å²) in [6, 6.07) is 9.55. The summed E-state index contributed by atoms with van der Waals surface area (Å²) < 4.78 is 13.2. The largest absolute Gasteiger partial charge is 0.347 e. The molecule has 1 aromatic carbocycles. The SMILES string of the molecule is Cl.O=C(Cc1cccc(F)c1)NCC(=O)N1CCNCC1c1cccnc1. The van der Waals surface area contributed by atoms with E-state index in [-0.39, 0.29) is 49.0 Å². The zero-order chi connectivity index (χ0) is 18.4. The number of carbonyl (C=O) groups is 2. The molecule has 0 bridgehead atoms. The first-order valence-electron chi connectivity index (χ1n) is 8.55. The molecule has 0 aliphatic carbocycles. The Balaban J connectivity index is 0.00000261. The van der Waals surface area contributed by atoms with Crippen LogP contribution < -0.4 is 10.6 Å². The van der Waals surface area contributed by atoms with Crippen LogP contribution in [-0.4, -0.2) is 47.9 Å². The van der Waals surface area contributed by atoms with Gasteiger partial charge in [-0.1, -0.05) is 18.2 Å². The molecule has 2 amide bonds. The van der Waals surface area contributed by atoms with Gasteiger partial charge in [0.15, 0.2) is 0 Å². The van der Waals surface area contributed by atoms with Crippen LogP contribution >= 0.6 is 12.4 Å². The van der Waals surface area contributed by atoms with Gasteiger partial charge < -0.3 is 15.5 Å². The van der Waals surface area contributed by atoms with Gasteiger partial charge in [-0.2, -0.15) is 0 Å². The molecule has 1 unspecified atom stereocenters. The van der Waals surface area contributed by atoms with E-state index < -0.39 is 0 Å². The summed E-state index contributed by atoms with van der Waals surface area (Å²) >= 11 is 0. The monoisotopic (exact) mass is 392 g/mol. The van der Waals surface area contributed by atoms with E-state index in [1.165, 1.54) is 12.1 Å². The van der Waals surface area contributed by atoms with Crippen molar-refractivity contribution in [3.8, 4) is 0 Å². The Morgan fingerprint density at radius 1 is 1.30 bits per heavy atom. The highest BCUT2D eigenvalue weighted by Gasteiger charge is 2.27. The summed E-state index contributed by atoms with van der Waals surface area (Å²) in [7, 11) is 0. The first-order valence-corrected chi connectivity index (χ1v) is 8.55. The minimum atomic E-state index is -0.383. The van der Waals surface area contributed by atoms with Gasteiger partial charge in [0, 0.05) is 32.0 Å². The van der Waals surface area contributed by atoms with Crippen LogP contribution in [0.1, 0.15) is 17.2 Å². The number of nitrogens with zero attached hydrogens (tertiary/aromatic N) is 2.